The van der Waals surface area contributed by atoms with Crippen LogP contribution in [-0.4, -0.2) is 38.6 Å². The van der Waals surface area contributed by atoms with E-state index in [1.54, 1.807) is 4.90 Å². The lowest BCUT2D eigenvalue weighted by molar-refractivity contribution is -0.157. The zero-order chi connectivity index (χ0) is 17.2. The molecule has 23 heavy (non-hydrogen) atoms. The summed E-state index contributed by atoms with van der Waals surface area (Å²) < 4.78 is 0. The van der Waals surface area contributed by atoms with Crippen LogP contribution in [0.1, 0.15) is 44.2 Å². The third-order valence-electron chi connectivity index (χ3n) is 5.23. The topological polar surface area (TPSA) is 77.8 Å². The Balaban J connectivity index is 2.44. The van der Waals surface area contributed by atoms with Crippen LogP contribution >= 0.6 is 0 Å². The molecule has 1 heterocycles. The molecule has 0 amide bonds. The Morgan fingerprint density at radius 3 is 2.26 bits per heavy atom. The second-order valence-electron chi connectivity index (χ2n) is 6.39. The maximum atomic E-state index is 12.1. The van der Waals surface area contributed by atoms with Gasteiger partial charge in [-0.3, -0.25) is 14.5 Å². The SMILES string of the molecule is CCC1CC(C(=O)O)N(Cc2ccc(C)cc2)C1(CC)C(=O)O. The molecule has 0 bridgehead atoms. The number of hydrogen-bond donors (Lipinski definition) is 2. The average molecular weight is 319 g/mol. The van der Waals surface area contributed by atoms with E-state index in [1.807, 2.05) is 45.0 Å². The fourth-order valence-electron chi connectivity index (χ4n) is 3.92. The Morgan fingerprint density at radius 1 is 1.22 bits per heavy atom. The summed E-state index contributed by atoms with van der Waals surface area (Å²) in [7, 11) is 0. The van der Waals surface area contributed by atoms with Crippen LogP contribution in [0.15, 0.2) is 24.3 Å². The van der Waals surface area contributed by atoms with Gasteiger partial charge >= 0.3 is 11.9 Å². The summed E-state index contributed by atoms with van der Waals surface area (Å²) in [6, 6.07) is 7.06. The Morgan fingerprint density at radius 2 is 1.83 bits per heavy atom. The lowest BCUT2D eigenvalue weighted by atomic mass is 9.80. The van der Waals surface area contributed by atoms with E-state index in [4.69, 9.17) is 0 Å². The van der Waals surface area contributed by atoms with E-state index in [0.29, 0.717) is 25.8 Å². The Bertz CT molecular complexity index is 583. The molecule has 5 heteroatoms. The highest BCUT2D eigenvalue weighted by Crippen LogP contribution is 2.44. The van der Waals surface area contributed by atoms with Gasteiger partial charge in [0.15, 0.2) is 0 Å². The van der Waals surface area contributed by atoms with Crippen molar-refractivity contribution in [3.05, 3.63) is 35.4 Å². The van der Waals surface area contributed by atoms with Gasteiger partial charge in [0, 0.05) is 6.54 Å². The molecule has 2 N–H and O–H groups in total. The largest absolute Gasteiger partial charge is 0.480 e. The van der Waals surface area contributed by atoms with Gasteiger partial charge in [-0.1, -0.05) is 50.1 Å². The van der Waals surface area contributed by atoms with Crippen LogP contribution in [-0.2, 0) is 16.1 Å². The van der Waals surface area contributed by atoms with E-state index < -0.39 is 23.5 Å². The fourth-order valence-corrected chi connectivity index (χ4v) is 3.92. The summed E-state index contributed by atoms with van der Waals surface area (Å²) >= 11 is 0. The van der Waals surface area contributed by atoms with Gasteiger partial charge in [0.25, 0.3) is 0 Å². The highest BCUT2D eigenvalue weighted by Gasteiger charge is 2.58. The molecule has 5 nitrogen and oxygen atoms in total. The third kappa shape index (κ3) is 2.98. The molecule has 0 aromatic heterocycles. The number of carbonyl (C=O) groups is 2. The first-order valence-corrected chi connectivity index (χ1v) is 8.15. The van der Waals surface area contributed by atoms with Crippen LogP contribution in [0.3, 0.4) is 0 Å². The summed E-state index contributed by atoms with van der Waals surface area (Å²) in [4.78, 5) is 25.5. The second-order valence-corrected chi connectivity index (χ2v) is 6.39. The van der Waals surface area contributed by atoms with Crippen molar-refractivity contribution in [2.45, 2.75) is 58.2 Å². The van der Waals surface area contributed by atoms with Crippen LogP contribution in [0.4, 0.5) is 0 Å². The molecule has 0 spiro atoms. The van der Waals surface area contributed by atoms with Gasteiger partial charge in [0.05, 0.1) is 0 Å². The Kier molecular flexibility index (Phi) is 5.09. The van der Waals surface area contributed by atoms with E-state index in [9.17, 15) is 19.8 Å². The number of rotatable bonds is 6. The molecule has 0 saturated carbocycles. The van der Waals surface area contributed by atoms with Crippen LogP contribution in [0.2, 0.25) is 0 Å². The molecule has 3 unspecified atom stereocenters. The molecule has 1 saturated heterocycles. The predicted octanol–water partition coefficient (Wildman–Crippen LogP) is 2.91. The van der Waals surface area contributed by atoms with Crippen molar-refractivity contribution in [3.8, 4) is 0 Å². The molecule has 3 atom stereocenters. The van der Waals surface area contributed by atoms with Crippen LogP contribution in [0.5, 0.6) is 0 Å². The van der Waals surface area contributed by atoms with E-state index >= 15 is 0 Å². The first-order chi connectivity index (χ1) is 10.9. The van der Waals surface area contributed by atoms with Gasteiger partial charge in [0.1, 0.15) is 11.6 Å². The molecular weight excluding hydrogens is 294 g/mol. The Labute approximate surface area is 136 Å². The monoisotopic (exact) mass is 319 g/mol. The average Bonchev–Trinajstić information content (AvgIpc) is 2.84. The van der Waals surface area contributed by atoms with Gasteiger partial charge in [-0.2, -0.15) is 0 Å². The van der Waals surface area contributed by atoms with E-state index in [2.05, 4.69) is 0 Å². The summed E-state index contributed by atoms with van der Waals surface area (Å²) in [5.41, 5.74) is 0.956. The highest BCUT2D eigenvalue weighted by atomic mass is 16.4. The number of nitrogens with zero attached hydrogens (tertiary/aromatic N) is 1. The maximum absolute atomic E-state index is 12.1. The van der Waals surface area contributed by atoms with Crippen molar-refractivity contribution in [3.63, 3.8) is 0 Å². The summed E-state index contributed by atoms with van der Waals surface area (Å²) in [5, 5.41) is 19.5. The number of aryl methyl sites for hydroxylation is 1. The normalized spacial score (nSPS) is 28.0. The van der Waals surface area contributed by atoms with Gasteiger partial charge in [-0.05, 0) is 31.2 Å². The number of carboxylic acids is 2. The molecule has 1 aliphatic rings. The first kappa shape index (κ1) is 17.5. The number of aliphatic carboxylic acids is 2. The van der Waals surface area contributed by atoms with E-state index in [1.165, 1.54) is 0 Å². The summed E-state index contributed by atoms with van der Waals surface area (Å²) in [6.45, 7) is 6.10. The minimum atomic E-state index is -1.11. The van der Waals surface area contributed by atoms with Crippen LogP contribution in [0, 0.1) is 12.8 Å². The van der Waals surface area contributed by atoms with Crippen molar-refractivity contribution in [1.82, 2.24) is 4.90 Å². The number of likely N-dealkylation sites (tertiary alicyclic amines) is 1. The smallest absolute Gasteiger partial charge is 0.324 e. The number of benzene rings is 1. The van der Waals surface area contributed by atoms with E-state index in [-0.39, 0.29) is 5.92 Å². The van der Waals surface area contributed by atoms with Crippen molar-refractivity contribution >= 4 is 11.9 Å². The lowest BCUT2D eigenvalue weighted by Crippen LogP contribution is -2.56. The molecular formula is C18H25NO4. The maximum Gasteiger partial charge on any atom is 0.324 e. The Hall–Kier alpha value is -1.88. The molecule has 0 aliphatic carbocycles. The van der Waals surface area contributed by atoms with Crippen LogP contribution < -0.4 is 0 Å². The second kappa shape index (κ2) is 6.71. The minimum absolute atomic E-state index is 0.156. The molecule has 1 aromatic rings. The van der Waals surface area contributed by atoms with Gasteiger partial charge < -0.3 is 10.2 Å². The molecule has 2 rings (SSSR count). The van der Waals surface area contributed by atoms with Crippen molar-refractivity contribution in [2.75, 3.05) is 0 Å². The zero-order valence-electron chi connectivity index (χ0n) is 14.0. The minimum Gasteiger partial charge on any atom is -0.480 e. The fraction of sp³-hybridized carbons (Fsp3) is 0.556. The van der Waals surface area contributed by atoms with Gasteiger partial charge in [0.2, 0.25) is 0 Å². The van der Waals surface area contributed by atoms with Gasteiger partial charge in [-0.25, -0.2) is 0 Å². The van der Waals surface area contributed by atoms with Crippen LogP contribution in [0.25, 0.3) is 0 Å². The molecule has 1 aliphatic heterocycles. The first-order valence-electron chi connectivity index (χ1n) is 8.15. The molecule has 1 aromatic carbocycles. The standard InChI is InChI=1S/C18H25NO4/c1-4-14-10-15(16(20)21)19(18(14,5-2)17(22)23)11-13-8-6-12(3)7-9-13/h6-9,14-15H,4-5,10-11H2,1-3H3,(H,20,21)(H,22,23). The van der Waals surface area contributed by atoms with E-state index in [0.717, 1.165) is 11.1 Å². The quantitative estimate of drug-likeness (QED) is 0.843. The number of carboxylic acid groups (broad SMARTS) is 2. The van der Waals surface area contributed by atoms with Gasteiger partial charge in [-0.15, -0.1) is 0 Å². The lowest BCUT2D eigenvalue weighted by Gasteiger charge is -2.39. The predicted molar refractivity (Wildman–Crippen MR) is 87.2 cm³/mol. The van der Waals surface area contributed by atoms with Crippen molar-refractivity contribution in [1.29, 1.82) is 0 Å². The van der Waals surface area contributed by atoms with Crippen molar-refractivity contribution < 1.29 is 19.8 Å². The summed E-state index contributed by atoms with van der Waals surface area (Å²) in [6.07, 6.45) is 1.45. The molecule has 0 radical (unpaired) electrons. The zero-order valence-corrected chi connectivity index (χ0v) is 14.0. The molecule has 1 fully saturated rings. The third-order valence-corrected chi connectivity index (χ3v) is 5.23. The number of hydrogen-bond acceptors (Lipinski definition) is 3. The summed E-state index contributed by atoms with van der Waals surface area (Å²) in [5.74, 6) is -2.01. The highest BCUT2D eigenvalue weighted by molar-refractivity contribution is 5.83. The van der Waals surface area contributed by atoms with Crippen molar-refractivity contribution in [2.24, 2.45) is 5.92 Å². The molecule has 126 valence electrons.